The molecule has 1 amide bonds. The number of aryl methyl sites for hydroxylation is 1. The number of nitrogens with zero attached hydrogens (tertiary/aromatic N) is 2. The lowest BCUT2D eigenvalue weighted by Gasteiger charge is -2.15. The first-order valence-corrected chi connectivity index (χ1v) is 11.3. The molecule has 0 saturated carbocycles. The third-order valence-corrected chi connectivity index (χ3v) is 7.06. The lowest BCUT2D eigenvalue weighted by molar-refractivity contribution is -0.121. The maximum atomic E-state index is 12.5. The van der Waals surface area contributed by atoms with Gasteiger partial charge < -0.3 is 10.3 Å². The van der Waals surface area contributed by atoms with E-state index in [0.717, 1.165) is 35.3 Å². The molecule has 4 rings (SSSR count). The van der Waals surface area contributed by atoms with Gasteiger partial charge in [-0.1, -0.05) is 24.3 Å². The van der Waals surface area contributed by atoms with Gasteiger partial charge in [0, 0.05) is 32.5 Å². The number of hydrogen-bond acceptors (Lipinski definition) is 4. The quantitative estimate of drug-likeness (QED) is 0.624. The van der Waals surface area contributed by atoms with E-state index in [0.29, 0.717) is 37.4 Å². The van der Waals surface area contributed by atoms with Crippen molar-refractivity contribution < 1.29 is 13.2 Å². The van der Waals surface area contributed by atoms with Gasteiger partial charge in [0.25, 0.3) is 0 Å². The van der Waals surface area contributed by atoms with Gasteiger partial charge in [-0.2, -0.15) is 4.31 Å². The summed E-state index contributed by atoms with van der Waals surface area (Å²) in [6.45, 7) is 1.54. The van der Waals surface area contributed by atoms with Crippen LogP contribution in [0.3, 0.4) is 0 Å². The van der Waals surface area contributed by atoms with Crippen LogP contribution in [0.1, 0.15) is 30.7 Å². The van der Waals surface area contributed by atoms with Gasteiger partial charge in [-0.15, -0.1) is 0 Å². The summed E-state index contributed by atoms with van der Waals surface area (Å²) in [5.41, 5.74) is 2.72. The largest absolute Gasteiger partial charge is 0.352 e. The van der Waals surface area contributed by atoms with Crippen LogP contribution < -0.4 is 5.32 Å². The van der Waals surface area contributed by atoms with Crippen LogP contribution in [0.2, 0.25) is 0 Å². The number of sulfonamides is 1. The Hall–Kier alpha value is -2.71. The van der Waals surface area contributed by atoms with Crippen molar-refractivity contribution in [2.45, 2.75) is 37.1 Å². The third kappa shape index (κ3) is 4.49. The Morgan fingerprint density at radius 3 is 2.52 bits per heavy atom. The third-order valence-electron chi connectivity index (χ3n) is 5.14. The van der Waals surface area contributed by atoms with Gasteiger partial charge in [0.1, 0.15) is 5.82 Å². The molecule has 1 saturated heterocycles. The molecule has 0 radical (unpaired) electrons. The SMILES string of the molecule is O=C(CCc1nc2ccccc2[nH]1)NCc1ccc(S(=O)(=O)N2CCCC2)cc1. The highest BCUT2D eigenvalue weighted by atomic mass is 32.2. The summed E-state index contributed by atoms with van der Waals surface area (Å²) < 4.78 is 26.6. The molecule has 0 unspecified atom stereocenters. The Labute approximate surface area is 170 Å². The maximum absolute atomic E-state index is 12.5. The van der Waals surface area contributed by atoms with E-state index in [-0.39, 0.29) is 5.91 Å². The molecular weight excluding hydrogens is 388 g/mol. The Bertz CT molecular complexity index is 1070. The first-order valence-electron chi connectivity index (χ1n) is 9.82. The fourth-order valence-corrected chi connectivity index (χ4v) is 5.02. The van der Waals surface area contributed by atoms with Crippen LogP contribution in [0.4, 0.5) is 0 Å². The minimum absolute atomic E-state index is 0.0702. The lowest BCUT2D eigenvalue weighted by Crippen LogP contribution is -2.28. The van der Waals surface area contributed by atoms with E-state index in [1.165, 1.54) is 4.31 Å². The summed E-state index contributed by atoms with van der Waals surface area (Å²) >= 11 is 0. The van der Waals surface area contributed by atoms with Crippen molar-refractivity contribution in [1.82, 2.24) is 19.6 Å². The number of aromatic nitrogens is 2. The summed E-state index contributed by atoms with van der Waals surface area (Å²) in [6, 6.07) is 14.5. The monoisotopic (exact) mass is 412 g/mol. The van der Waals surface area contributed by atoms with Crippen LogP contribution in [0, 0.1) is 0 Å². The second-order valence-electron chi connectivity index (χ2n) is 7.23. The zero-order valence-electron chi connectivity index (χ0n) is 16.1. The van der Waals surface area contributed by atoms with Gasteiger partial charge in [-0.05, 0) is 42.7 Å². The normalized spacial score (nSPS) is 15.0. The predicted octanol–water partition coefficient (Wildman–Crippen LogP) is 2.60. The number of H-pyrrole nitrogens is 1. The molecule has 0 atom stereocenters. The number of hydrogen-bond donors (Lipinski definition) is 2. The molecule has 0 aliphatic carbocycles. The van der Waals surface area contributed by atoms with Gasteiger partial charge in [0.05, 0.1) is 15.9 Å². The number of aromatic amines is 1. The van der Waals surface area contributed by atoms with Crippen LogP contribution in [-0.4, -0.2) is 41.7 Å². The number of imidazole rings is 1. The Balaban J connectivity index is 1.28. The molecule has 1 aliphatic heterocycles. The van der Waals surface area contributed by atoms with Crippen molar-refractivity contribution in [3.8, 4) is 0 Å². The number of carbonyl (C=O) groups excluding carboxylic acids is 1. The number of amides is 1. The highest BCUT2D eigenvalue weighted by Gasteiger charge is 2.26. The summed E-state index contributed by atoms with van der Waals surface area (Å²) in [4.78, 5) is 20.1. The van der Waals surface area contributed by atoms with E-state index in [2.05, 4.69) is 15.3 Å². The van der Waals surface area contributed by atoms with Crippen LogP contribution in [0.5, 0.6) is 0 Å². The first kappa shape index (κ1) is 19.6. The number of carbonyl (C=O) groups is 1. The summed E-state index contributed by atoms with van der Waals surface area (Å²) in [5, 5.41) is 2.88. The molecule has 3 aromatic rings. The van der Waals surface area contributed by atoms with Gasteiger partial charge in [-0.25, -0.2) is 13.4 Å². The first-order chi connectivity index (χ1) is 14.0. The van der Waals surface area contributed by atoms with E-state index in [9.17, 15) is 13.2 Å². The van der Waals surface area contributed by atoms with E-state index in [4.69, 9.17) is 0 Å². The number of fused-ring (bicyclic) bond motifs is 1. The number of para-hydroxylation sites is 2. The molecule has 152 valence electrons. The van der Waals surface area contributed by atoms with Crippen LogP contribution >= 0.6 is 0 Å². The highest BCUT2D eigenvalue weighted by Crippen LogP contribution is 2.21. The van der Waals surface area contributed by atoms with Gasteiger partial charge >= 0.3 is 0 Å². The summed E-state index contributed by atoms with van der Waals surface area (Å²) in [6.07, 6.45) is 2.70. The smallest absolute Gasteiger partial charge is 0.243 e. The van der Waals surface area contributed by atoms with E-state index in [1.807, 2.05) is 24.3 Å². The molecule has 29 heavy (non-hydrogen) atoms. The van der Waals surface area contributed by atoms with Crippen molar-refractivity contribution in [2.75, 3.05) is 13.1 Å². The highest BCUT2D eigenvalue weighted by molar-refractivity contribution is 7.89. The number of rotatable bonds is 7. The molecule has 2 N–H and O–H groups in total. The Kier molecular flexibility index (Phi) is 5.64. The minimum atomic E-state index is -3.40. The van der Waals surface area contributed by atoms with Crippen molar-refractivity contribution in [2.24, 2.45) is 0 Å². The molecule has 1 fully saturated rings. The average Bonchev–Trinajstić information content (AvgIpc) is 3.41. The molecule has 2 heterocycles. The fourth-order valence-electron chi connectivity index (χ4n) is 3.50. The summed E-state index contributed by atoms with van der Waals surface area (Å²) in [7, 11) is -3.40. The van der Waals surface area contributed by atoms with Crippen LogP contribution in [-0.2, 0) is 27.8 Å². The van der Waals surface area contributed by atoms with Crippen LogP contribution in [0.25, 0.3) is 11.0 Å². The minimum Gasteiger partial charge on any atom is -0.352 e. The van der Waals surface area contributed by atoms with E-state index in [1.54, 1.807) is 24.3 Å². The van der Waals surface area contributed by atoms with Crippen molar-refractivity contribution in [3.05, 3.63) is 59.9 Å². The molecule has 7 nitrogen and oxygen atoms in total. The molecule has 8 heteroatoms. The second kappa shape index (κ2) is 8.34. The Morgan fingerprint density at radius 2 is 1.79 bits per heavy atom. The standard InChI is InChI=1S/C21H24N4O3S/c26-21(12-11-20-23-18-5-1-2-6-19(18)24-20)22-15-16-7-9-17(10-8-16)29(27,28)25-13-3-4-14-25/h1-2,5-10H,3-4,11-15H2,(H,22,26)(H,23,24). The van der Waals surface area contributed by atoms with E-state index < -0.39 is 10.0 Å². The molecule has 0 bridgehead atoms. The average molecular weight is 413 g/mol. The molecule has 1 aromatic heterocycles. The maximum Gasteiger partial charge on any atom is 0.243 e. The molecule has 0 spiro atoms. The number of benzene rings is 2. The molecular formula is C21H24N4O3S. The Morgan fingerprint density at radius 1 is 1.07 bits per heavy atom. The molecule has 1 aliphatic rings. The van der Waals surface area contributed by atoms with Crippen molar-refractivity contribution >= 4 is 27.0 Å². The van der Waals surface area contributed by atoms with Crippen LogP contribution in [0.15, 0.2) is 53.4 Å². The van der Waals surface area contributed by atoms with Crippen molar-refractivity contribution in [1.29, 1.82) is 0 Å². The summed E-state index contributed by atoms with van der Waals surface area (Å²) in [5.74, 6) is 0.719. The lowest BCUT2D eigenvalue weighted by atomic mass is 10.2. The van der Waals surface area contributed by atoms with E-state index >= 15 is 0 Å². The predicted molar refractivity (Wildman–Crippen MR) is 111 cm³/mol. The zero-order chi connectivity index (χ0) is 20.3. The van der Waals surface area contributed by atoms with Gasteiger partial charge in [0.2, 0.25) is 15.9 Å². The van der Waals surface area contributed by atoms with Gasteiger partial charge in [0.15, 0.2) is 0 Å². The van der Waals surface area contributed by atoms with Gasteiger partial charge in [-0.3, -0.25) is 4.79 Å². The number of nitrogens with one attached hydrogen (secondary N) is 2. The topological polar surface area (TPSA) is 95.2 Å². The molecule has 2 aromatic carbocycles. The van der Waals surface area contributed by atoms with Crippen molar-refractivity contribution in [3.63, 3.8) is 0 Å². The fraction of sp³-hybridized carbons (Fsp3) is 0.333. The zero-order valence-corrected chi connectivity index (χ0v) is 16.9. The second-order valence-corrected chi connectivity index (χ2v) is 9.17.